The van der Waals surface area contributed by atoms with Crippen LogP contribution >= 0.6 is 47.2 Å². The molecule has 0 saturated carbocycles. The highest BCUT2D eigenvalue weighted by Gasteiger charge is 2.29. The smallest absolute Gasteiger partial charge is 0.266 e. The van der Waals surface area contributed by atoms with E-state index in [1.807, 2.05) is 0 Å². The van der Waals surface area contributed by atoms with Gasteiger partial charge in [0.25, 0.3) is 5.91 Å². The number of amides is 1. The van der Waals surface area contributed by atoms with Crippen LogP contribution in [0.15, 0.2) is 39.7 Å². The van der Waals surface area contributed by atoms with Gasteiger partial charge < -0.3 is 4.42 Å². The van der Waals surface area contributed by atoms with Gasteiger partial charge in [0.2, 0.25) is 0 Å². The second-order valence-corrected chi connectivity index (χ2v) is 7.15. The van der Waals surface area contributed by atoms with Crippen molar-refractivity contribution in [2.45, 2.75) is 0 Å². The molecule has 22 heavy (non-hydrogen) atoms. The van der Waals surface area contributed by atoms with Gasteiger partial charge in [-0.2, -0.15) is 0 Å². The third kappa shape index (κ3) is 3.08. The van der Waals surface area contributed by atoms with Crippen molar-refractivity contribution >= 4 is 63.5 Å². The van der Waals surface area contributed by atoms with Crippen LogP contribution < -0.4 is 0 Å². The molecule has 1 aromatic heterocycles. The van der Waals surface area contributed by atoms with Crippen LogP contribution in [0.4, 0.5) is 0 Å². The van der Waals surface area contributed by atoms with Gasteiger partial charge >= 0.3 is 0 Å². The molecule has 2 aromatic rings. The second-order valence-electron chi connectivity index (χ2n) is 4.60. The van der Waals surface area contributed by atoms with Gasteiger partial charge in [0, 0.05) is 28.7 Å². The number of thioether (sulfide) groups is 1. The van der Waals surface area contributed by atoms with Crippen LogP contribution in [0, 0.1) is 0 Å². The molecule has 0 atom stereocenters. The summed E-state index contributed by atoms with van der Waals surface area (Å²) >= 11 is 18.3. The molecular weight excluding hydrogens is 361 g/mol. The molecule has 0 bridgehead atoms. The first-order valence-corrected chi connectivity index (χ1v) is 8.20. The Labute approximate surface area is 146 Å². The van der Waals surface area contributed by atoms with Crippen molar-refractivity contribution in [1.82, 2.24) is 4.90 Å². The highest BCUT2D eigenvalue weighted by Crippen LogP contribution is 2.33. The predicted octanol–water partition coefficient (Wildman–Crippen LogP) is 5.08. The molecule has 3 nitrogen and oxygen atoms in total. The molecule has 1 fully saturated rings. The van der Waals surface area contributed by atoms with Gasteiger partial charge in [-0.25, -0.2) is 0 Å². The standard InChI is InChI=1S/C15H9Cl2NO2S2/c1-18-14(19)13(22-15(18)21)7-11-2-3-12(20-11)8-4-9(16)6-10(17)5-8/h2-7H,1H3/b13-7+. The molecule has 2 heterocycles. The molecule has 3 rings (SSSR count). The zero-order valence-electron chi connectivity index (χ0n) is 11.3. The maximum atomic E-state index is 12.0. The van der Waals surface area contributed by atoms with Crippen molar-refractivity contribution in [3.8, 4) is 11.3 Å². The number of likely N-dealkylation sites (N-methyl/N-ethyl adjacent to an activating group) is 1. The minimum absolute atomic E-state index is 0.126. The Hall–Kier alpha value is -1.27. The number of rotatable bonds is 2. The molecule has 1 aliphatic rings. The Bertz CT molecular complexity index is 793. The summed E-state index contributed by atoms with van der Waals surface area (Å²) in [7, 11) is 1.65. The molecule has 0 aliphatic carbocycles. The van der Waals surface area contributed by atoms with E-state index in [9.17, 15) is 4.79 Å². The second kappa shape index (κ2) is 6.08. The molecule has 0 N–H and O–H groups in total. The highest BCUT2D eigenvalue weighted by molar-refractivity contribution is 8.26. The Kier molecular flexibility index (Phi) is 4.32. The quantitative estimate of drug-likeness (QED) is 0.545. The van der Waals surface area contributed by atoms with Crippen molar-refractivity contribution in [3.05, 3.63) is 51.0 Å². The maximum absolute atomic E-state index is 12.0. The summed E-state index contributed by atoms with van der Waals surface area (Å²) in [6, 6.07) is 8.78. The van der Waals surface area contributed by atoms with E-state index in [1.54, 1.807) is 43.5 Å². The van der Waals surface area contributed by atoms with Crippen LogP contribution in [-0.2, 0) is 4.79 Å². The molecule has 0 unspecified atom stereocenters. The average molecular weight is 370 g/mol. The zero-order chi connectivity index (χ0) is 15.9. The minimum Gasteiger partial charge on any atom is -0.457 e. The van der Waals surface area contributed by atoms with E-state index in [1.165, 1.54) is 16.7 Å². The van der Waals surface area contributed by atoms with E-state index in [0.29, 0.717) is 30.8 Å². The number of carbonyl (C=O) groups is 1. The molecule has 1 aromatic carbocycles. The Balaban J connectivity index is 1.91. The monoisotopic (exact) mass is 369 g/mol. The summed E-state index contributed by atoms with van der Waals surface area (Å²) in [5, 5.41) is 1.07. The van der Waals surface area contributed by atoms with Crippen LogP contribution in [-0.4, -0.2) is 22.2 Å². The number of benzene rings is 1. The summed E-state index contributed by atoms with van der Waals surface area (Å²) in [6.07, 6.45) is 1.68. The fourth-order valence-corrected chi connectivity index (χ4v) is 3.64. The number of nitrogens with zero attached hydrogens (tertiary/aromatic N) is 1. The van der Waals surface area contributed by atoms with E-state index in [4.69, 9.17) is 39.8 Å². The van der Waals surface area contributed by atoms with Crippen molar-refractivity contribution in [2.75, 3.05) is 7.05 Å². The summed E-state index contributed by atoms with van der Waals surface area (Å²) in [5.74, 6) is 1.07. The summed E-state index contributed by atoms with van der Waals surface area (Å²) < 4.78 is 6.27. The number of carbonyl (C=O) groups excluding carboxylic acids is 1. The summed E-state index contributed by atoms with van der Waals surface area (Å²) in [5.41, 5.74) is 0.778. The fraction of sp³-hybridized carbons (Fsp3) is 0.0667. The van der Waals surface area contributed by atoms with Gasteiger partial charge in [-0.05, 0) is 30.3 Å². The van der Waals surface area contributed by atoms with Crippen LogP contribution in [0.2, 0.25) is 10.0 Å². The van der Waals surface area contributed by atoms with Gasteiger partial charge in [-0.3, -0.25) is 9.69 Å². The largest absolute Gasteiger partial charge is 0.457 e. The van der Waals surface area contributed by atoms with E-state index in [0.717, 1.165) is 5.56 Å². The average Bonchev–Trinajstić information content (AvgIpc) is 3.00. The lowest BCUT2D eigenvalue weighted by Crippen LogP contribution is -2.22. The van der Waals surface area contributed by atoms with Crippen LogP contribution in [0.25, 0.3) is 17.4 Å². The molecule has 0 spiro atoms. The van der Waals surface area contributed by atoms with E-state index in [2.05, 4.69) is 0 Å². The van der Waals surface area contributed by atoms with Gasteiger partial charge in [-0.1, -0.05) is 47.2 Å². The first-order chi connectivity index (χ1) is 10.4. The minimum atomic E-state index is -0.126. The van der Waals surface area contributed by atoms with E-state index in [-0.39, 0.29) is 5.91 Å². The van der Waals surface area contributed by atoms with Crippen LogP contribution in [0.1, 0.15) is 5.76 Å². The van der Waals surface area contributed by atoms with Crippen molar-refractivity contribution in [2.24, 2.45) is 0 Å². The lowest BCUT2D eigenvalue weighted by Gasteiger charge is -2.03. The van der Waals surface area contributed by atoms with Crippen molar-refractivity contribution in [3.63, 3.8) is 0 Å². The number of thiocarbonyl (C=S) groups is 1. The van der Waals surface area contributed by atoms with E-state index >= 15 is 0 Å². The third-order valence-corrected chi connectivity index (χ3v) is 4.95. The normalized spacial score (nSPS) is 16.9. The van der Waals surface area contributed by atoms with Gasteiger partial charge in [0.05, 0.1) is 4.91 Å². The number of hydrogen-bond donors (Lipinski definition) is 0. The number of furan rings is 1. The predicted molar refractivity (Wildman–Crippen MR) is 95.1 cm³/mol. The van der Waals surface area contributed by atoms with Crippen LogP contribution in [0.3, 0.4) is 0 Å². The van der Waals surface area contributed by atoms with Gasteiger partial charge in [0.1, 0.15) is 15.8 Å². The SMILES string of the molecule is CN1C(=O)/C(=C\c2ccc(-c3cc(Cl)cc(Cl)c3)o2)SC1=S. The fourth-order valence-electron chi connectivity index (χ4n) is 1.96. The number of hydrogen-bond acceptors (Lipinski definition) is 4. The molecule has 1 amide bonds. The Morgan fingerprint density at radius 1 is 1.23 bits per heavy atom. The Morgan fingerprint density at radius 2 is 1.91 bits per heavy atom. The molecule has 7 heteroatoms. The van der Waals surface area contributed by atoms with Crippen molar-refractivity contribution in [1.29, 1.82) is 0 Å². The molecule has 1 saturated heterocycles. The number of halogens is 2. The van der Waals surface area contributed by atoms with Gasteiger partial charge in [0.15, 0.2) is 0 Å². The summed E-state index contributed by atoms with van der Waals surface area (Å²) in [4.78, 5) is 13.9. The summed E-state index contributed by atoms with van der Waals surface area (Å²) in [6.45, 7) is 0. The Morgan fingerprint density at radius 3 is 2.50 bits per heavy atom. The molecule has 0 radical (unpaired) electrons. The van der Waals surface area contributed by atoms with Gasteiger partial charge in [-0.15, -0.1) is 0 Å². The topological polar surface area (TPSA) is 33.5 Å². The maximum Gasteiger partial charge on any atom is 0.266 e. The molecule has 1 aliphatic heterocycles. The highest BCUT2D eigenvalue weighted by atomic mass is 35.5. The van der Waals surface area contributed by atoms with Crippen molar-refractivity contribution < 1.29 is 9.21 Å². The molecular formula is C15H9Cl2NO2S2. The first-order valence-electron chi connectivity index (χ1n) is 6.22. The third-order valence-electron chi connectivity index (χ3n) is 3.03. The molecule has 112 valence electrons. The lowest BCUT2D eigenvalue weighted by atomic mass is 10.2. The lowest BCUT2D eigenvalue weighted by molar-refractivity contribution is -0.121. The van der Waals surface area contributed by atoms with E-state index < -0.39 is 0 Å². The zero-order valence-corrected chi connectivity index (χ0v) is 14.4. The van der Waals surface area contributed by atoms with Crippen LogP contribution in [0.5, 0.6) is 0 Å². The first kappa shape index (κ1) is 15.6.